The Balaban J connectivity index is 1.36. The molecule has 0 spiro atoms. The van der Waals surface area contributed by atoms with E-state index in [0.29, 0.717) is 27.8 Å². The molecule has 2 aromatic carbocycles. The molecule has 1 unspecified atom stereocenters. The minimum Gasteiger partial charge on any atom is -0.497 e. The van der Waals surface area contributed by atoms with E-state index in [1.54, 1.807) is 55.6 Å². The van der Waals surface area contributed by atoms with Gasteiger partial charge in [-0.15, -0.1) is 0 Å². The van der Waals surface area contributed by atoms with Crippen LogP contribution < -0.4 is 20.6 Å². The van der Waals surface area contributed by atoms with Gasteiger partial charge >= 0.3 is 0 Å². The molecule has 3 heterocycles. The number of benzene rings is 2. The van der Waals surface area contributed by atoms with Gasteiger partial charge in [0.25, 0.3) is 5.56 Å². The second kappa shape index (κ2) is 8.64. The number of nitrogens with one attached hydrogen (secondary N) is 1. The summed E-state index contributed by atoms with van der Waals surface area (Å²) < 4.78 is 7.72. The van der Waals surface area contributed by atoms with E-state index in [-0.39, 0.29) is 24.3 Å². The summed E-state index contributed by atoms with van der Waals surface area (Å²) in [5.74, 6) is -0.653. The van der Waals surface area contributed by atoms with E-state index >= 15 is 0 Å². The molecule has 0 radical (unpaired) electrons. The molecule has 2 aromatic heterocycles. The van der Waals surface area contributed by atoms with Crippen molar-refractivity contribution in [2.45, 2.75) is 6.42 Å². The van der Waals surface area contributed by atoms with Crippen LogP contribution in [0.15, 0.2) is 65.8 Å². The van der Waals surface area contributed by atoms with Crippen LogP contribution >= 0.6 is 11.6 Å². The van der Waals surface area contributed by atoms with Crippen molar-refractivity contribution in [1.29, 1.82) is 0 Å². The highest BCUT2D eigenvalue weighted by Gasteiger charge is 2.35. The number of carbonyl (C=O) groups excluding carboxylic acids is 2. The van der Waals surface area contributed by atoms with Gasteiger partial charge < -0.3 is 9.64 Å². The van der Waals surface area contributed by atoms with E-state index in [1.165, 1.54) is 22.1 Å². The lowest BCUT2D eigenvalue weighted by Crippen LogP contribution is -2.37. The lowest BCUT2D eigenvalue weighted by atomic mass is 10.1. The van der Waals surface area contributed by atoms with Crippen LogP contribution in [0, 0.1) is 5.92 Å². The van der Waals surface area contributed by atoms with Gasteiger partial charge in [-0.2, -0.15) is 5.10 Å². The van der Waals surface area contributed by atoms with Crippen LogP contribution in [0.3, 0.4) is 0 Å². The lowest BCUT2D eigenvalue weighted by molar-refractivity contribution is -0.123. The van der Waals surface area contributed by atoms with Gasteiger partial charge in [0.05, 0.1) is 24.9 Å². The molecule has 0 saturated carbocycles. The van der Waals surface area contributed by atoms with Crippen molar-refractivity contribution in [1.82, 2.24) is 19.4 Å². The Morgan fingerprint density at radius 3 is 2.74 bits per heavy atom. The Labute approximate surface area is 198 Å². The number of nitrogens with zero attached hydrogens (tertiary/aromatic N) is 5. The van der Waals surface area contributed by atoms with Gasteiger partial charge in [-0.05, 0) is 30.3 Å². The van der Waals surface area contributed by atoms with Crippen LogP contribution in [-0.4, -0.2) is 44.9 Å². The van der Waals surface area contributed by atoms with E-state index in [2.05, 4.69) is 15.5 Å². The molecule has 11 heteroatoms. The van der Waals surface area contributed by atoms with Crippen LogP contribution in [0.4, 0.5) is 5.69 Å². The minimum atomic E-state index is -0.629. The summed E-state index contributed by atoms with van der Waals surface area (Å²) in [5.41, 5.74) is 3.70. The summed E-state index contributed by atoms with van der Waals surface area (Å²) >= 11 is 6.06. The third-order valence-corrected chi connectivity index (χ3v) is 5.87. The third-order valence-electron chi connectivity index (χ3n) is 5.63. The maximum Gasteiger partial charge on any atom is 0.283 e. The maximum atomic E-state index is 12.9. The SMILES string of the molecule is COc1cccc(N2CC(C(=O)Nn3cnc4c(cnn4-c4cccc(Cl)c4)c3=O)CC2=O)c1. The normalized spacial score (nSPS) is 15.6. The Morgan fingerprint density at radius 1 is 1.15 bits per heavy atom. The molecule has 4 aromatic rings. The Morgan fingerprint density at radius 2 is 1.94 bits per heavy atom. The summed E-state index contributed by atoms with van der Waals surface area (Å²) in [5, 5.41) is 4.99. The fourth-order valence-electron chi connectivity index (χ4n) is 3.91. The first-order valence-electron chi connectivity index (χ1n) is 10.4. The number of carbonyl (C=O) groups is 2. The molecule has 5 rings (SSSR count). The van der Waals surface area contributed by atoms with Gasteiger partial charge in [-0.3, -0.25) is 19.8 Å². The molecule has 1 N–H and O–H groups in total. The van der Waals surface area contributed by atoms with Gasteiger partial charge in [0, 0.05) is 29.7 Å². The summed E-state index contributed by atoms with van der Waals surface area (Å²) in [6.07, 6.45) is 2.64. The highest BCUT2D eigenvalue weighted by Crippen LogP contribution is 2.28. The van der Waals surface area contributed by atoms with E-state index in [4.69, 9.17) is 16.3 Å². The fraction of sp³-hybridized carbons (Fsp3) is 0.174. The molecule has 1 fully saturated rings. The molecular weight excluding hydrogens is 460 g/mol. The van der Waals surface area contributed by atoms with Crippen LogP contribution in [0.25, 0.3) is 16.7 Å². The molecule has 2 amide bonds. The van der Waals surface area contributed by atoms with E-state index in [9.17, 15) is 14.4 Å². The standard InChI is InChI=1S/C23H19ClN6O4/c1-34-18-7-3-5-16(10-18)28-12-14(8-20(28)31)22(32)27-29-13-25-21-19(23(29)33)11-26-30(21)17-6-2-4-15(24)9-17/h2-7,9-11,13-14H,8,12H2,1H3,(H,27,32). The monoisotopic (exact) mass is 478 g/mol. The molecule has 1 aliphatic rings. The number of fused-ring (bicyclic) bond motifs is 1. The number of anilines is 1. The zero-order chi connectivity index (χ0) is 23.8. The van der Waals surface area contributed by atoms with Crippen molar-refractivity contribution in [3.63, 3.8) is 0 Å². The predicted molar refractivity (Wildman–Crippen MR) is 126 cm³/mol. The van der Waals surface area contributed by atoms with Gasteiger partial charge in [0.2, 0.25) is 11.8 Å². The molecule has 0 aliphatic carbocycles. The molecular formula is C23H19ClN6O4. The van der Waals surface area contributed by atoms with Gasteiger partial charge in [0.15, 0.2) is 5.65 Å². The molecule has 1 aliphatic heterocycles. The molecule has 34 heavy (non-hydrogen) atoms. The van der Waals surface area contributed by atoms with E-state index < -0.39 is 17.4 Å². The maximum absolute atomic E-state index is 12.9. The number of hydrogen-bond donors (Lipinski definition) is 1. The van der Waals surface area contributed by atoms with E-state index in [0.717, 1.165) is 4.68 Å². The van der Waals surface area contributed by atoms with Crippen molar-refractivity contribution in [2.75, 3.05) is 24.0 Å². The summed E-state index contributed by atoms with van der Waals surface area (Å²) in [6.45, 7) is 0.189. The predicted octanol–water partition coefficient (Wildman–Crippen LogP) is 2.37. The van der Waals surface area contributed by atoms with Crippen molar-refractivity contribution in [3.05, 3.63) is 76.4 Å². The lowest BCUT2D eigenvalue weighted by Gasteiger charge is -2.17. The third kappa shape index (κ3) is 3.88. The number of ether oxygens (including phenoxy) is 1. The highest BCUT2D eigenvalue weighted by molar-refractivity contribution is 6.30. The number of hydrogen-bond acceptors (Lipinski definition) is 6. The zero-order valence-electron chi connectivity index (χ0n) is 18.0. The number of halogens is 1. The first kappa shape index (κ1) is 21.7. The Kier molecular flexibility index (Phi) is 5.50. The van der Waals surface area contributed by atoms with Crippen LogP contribution in [0.1, 0.15) is 6.42 Å². The number of amides is 2. The topological polar surface area (TPSA) is 111 Å². The van der Waals surface area contributed by atoms with Gasteiger partial charge in [0.1, 0.15) is 17.5 Å². The largest absolute Gasteiger partial charge is 0.497 e. The first-order chi connectivity index (χ1) is 16.4. The zero-order valence-corrected chi connectivity index (χ0v) is 18.8. The number of rotatable bonds is 5. The van der Waals surface area contributed by atoms with Gasteiger partial charge in [-0.1, -0.05) is 23.7 Å². The summed E-state index contributed by atoms with van der Waals surface area (Å²) in [4.78, 5) is 44.2. The van der Waals surface area contributed by atoms with Crippen molar-refractivity contribution >= 4 is 40.1 Å². The smallest absolute Gasteiger partial charge is 0.283 e. The second-order valence-electron chi connectivity index (χ2n) is 7.78. The molecule has 1 saturated heterocycles. The quantitative estimate of drug-likeness (QED) is 0.471. The Bertz CT molecular complexity index is 1480. The number of methoxy groups -OCH3 is 1. The van der Waals surface area contributed by atoms with Crippen molar-refractivity contribution < 1.29 is 14.3 Å². The summed E-state index contributed by atoms with van der Waals surface area (Å²) in [6, 6.07) is 14.1. The number of aromatic nitrogens is 4. The van der Waals surface area contributed by atoms with Crippen LogP contribution in [0.2, 0.25) is 5.02 Å². The second-order valence-corrected chi connectivity index (χ2v) is 8.21. The molecule has 10 nitrogen and oxygen atoms in total. The van der Waals surface area contributed by atoms with Crippen LogP contribution in [-0.2, 0) is 9.59 Å². The average molecular weight is 479 g/mol. The molecule has 172 valence electrons. The van der Waals surface area contributed by atoms with Gasteiger partial charge in [-0.25, -0.2) is 14.3 Å². The first-order valence-corrected chi connectivity index (χ1v) is 10.8. The molecule has 0 bridgehead atoms. The Hall–Kier alpha value is -4.18. The summed E-state index contributed by atoms with van der Waals surface area (Å²) in [7, 11) is 1.54. The van der Waals surface area contributed by atoms with E-state index in [1.807, 2.05) is 0 Å². The fourth-order valence-corrected chi connectivity index (χ4v) is 4.09. The average Bonchev–Trinajstić information content (AvgIpc) is 3.45. The highest BCUT2D eigenvalue weighted by atomic mass is 35.5. The molecule has 1 atom stereocenters. The van der Waals surface area contributed by atoms with Crippen molar-refractivity contribution in [3.8, 4) is 11.4 Å². The van der Waals surface area contributed by atoms with Crippen LogP contribution in [0.5, 0.6) is 5.75 Å². The van der Waals surface area contributed by atoms with Crippen molar-refractivity contribution in [2.24, 2.45) is 5.92 Å². The minimum absolute atomic E-state index is 0.0279.